The average molecular weight is 538 g/mol. The summed E-state index contributed by atoms with van der Waals surface area (Å²) in [5.74, 6) is 0. The first-order valence-electron chi connectivity index (χ1n) is 14.1. The number of para-hydroxylation sites is 2. The van der Waals surface area contributed by atoms with Crippen LogP contribution >= 0.6 is 0 Å². The van der Waals surface area contributed by atoms with Gasteiger partial charge in [0.25, 0.3) is 0 Å². The predicted molar refractivity (Wildman–Crippen MR) is 172 cm³/mol. The minimum Gasteiger partial charge on any atom is -0.456 e. The molecule has 3 heterocycles. The van der Waals surface area contributed by atoms with Gasteiger partial charge in [-0.2, -0.15) is 5.26 Å². The summed E-state index contributed by atoms with van der Waals surface area (Å²) in [5.41, 5.74) is 10.4. The predicted octanol–water partition coefficient (Wildman–Crippen LogP) is 9.96. The third-order valence-corrected chi connectivity index (χ3v) is 8.58. The molecule has 0 saturated heterocycles. The number of aromatic nitrogens is 2. The first kappa shape index (κ1) is 23.0. The van der Waals surface area contributed by atoms with Gasteiger partial charge in [0, 0.05) is 43.7 Å². The highest BCUT2D eigenvalue weighted by Crippen LogP contribution is 2.38. The van der Waals surface area contributed by atoms with Crippen molar-refractivity contribution >= 4 is 65.6 Å². The van der Waals surface area contributed by atoms with E-state index in [1.807, 2.05) is 18.2 Å². The molecule has 4 nitrogen and oxygen atoms in total. The van der Waals surface area contributed by atoms with Gasteiger partial charge in [0.2, 0.25) is 0 Å². The summed E-state index contributed by atoms with van der Waals surface area (Å²) in [6, 6.07) is 44.8. The van der Waals surface area contributed by atoms with Gasteiger partial charge >= 0.3 is 0 Å². The topological polar surface area (TPSA) is 46.8 Å². The maximum Gasteiger partial charge on any atom is 0.135 e. The molecule has 42 heavy (non-hydrogen) atoms. The van der Waals surface area contributed by atoms with E-state index in [-0.39, 0.29) is 0 Å². The lowest BCUT2D eigenvalue weighted by atomic mass is 10.1. The summed E-state index contributed by atoms with van der Waals surface area (Å²) >= 11 is 0. The fraction of sp³-hybridized carbons (Fsp3) is 0.0263. The van der Waals surface area contributed by atoms with Crippen molar-refractivity contribution in [2.45, 2.75) is 6.92 Å². The highest BCUT2D eigenvalue weighted by molar-refractivity contribution is 6.12. The molecule has 0 N–H and O–H groups in total. The van der Waals surface area contributed by atoms with Crippen LogP contribution in [-0.4, -0.2) is 9.13 Å². The lowest BCUT2D eigenvalue weighted by Crippen LogP contribution is -1.94. The fourth-order valence-electron chi connectivity index (χ4n) is 6.72. The Balaban J connectivity index is 1.31. The van der Waals surface area contributed by atoms with Crippen LogP contribution in [0, 0.1) is 18.3 Å². The lowest BCUT2D eigenvalue weighted by molar-refractivity contribution is 0.669. The zero-order valence-electron chi connectivity index (χ0n) is 22.8. The van der Waals surface area contributed by atoms with Crippen molar-refractivity contribution in [1.29, 1.82) is 5.26 Å². The monoisotopic (exact) mass is 537 g/mol. The quantitative estimate of drug-likeness (QED) is 0.220. The molecule has 0 aliphatic rings. The summed E-state index contributed by atoms with van der Waals surface area (Å²) in [4.78, 5) is 0. The van der Waals surface area contributed by atoms with Crippen LogP contribution in [0.25, 0.3) is 76.9 Å². The van der Waals surface area contributed by atoms with E-state index in [4.69, 9.17) is 4.42 Å². The van der Waals surface area contributed by atoms with Crippen molar-refractivity contribution in [2.24, 2.45) is 0 Å². The number of hydrogen-bond donors (Lipinski definition) is 0. The van der Waals surface area contributed by atoms with Crippen LogP contribution in [0.3, 0.4) is 0 Å². The molecular weight excluding hydrogens is 514 g/mol. The van der Waals surface area contributed by atoms with Gasteiger partial charge in [0.15, 0.2) is 0 Å². The van der Waals surface area contributed by atoms with E-state index in [1.165, 1.54) is 27.4 Å². The molecular formula is C38H23N3O. The standard InChI is InChI=1S/C38H23N3O/c1-23-10-14-35-29(18-23)27-6-2-4-8-33(27)40(35)25-12-16-37-31(20-25)32-21-26(13-17-38(32)42-37)41-34-9-5-3-7-28(34)30-19-24(22-39)11-15-36(30)41/h2-21H,1H3. The number of furan rings is 1. The summed E-state index contributed by atoms with van der Waals surface area (Å²) < 4.78 is 11.0. The Kier molecular flexibility index (Phi) is 4.57. The van der Waals surface area contributed by atoms with Gasteiger partial charge in [0.05, 0.1) is 33.7 Å². The largest absolute Gasteiger partial charge is 0.456 e. The molecule has 0 spiro atoms. The zero-order valence-corrected chi connectivity index (χ0v) is 22.8. The smallest absolute Gasteiger partial charge is 0.135 e. The summed E-state index contributed by atoms with van der Waals surface area (Å²) in [7, 11) is 0. The lowest BCUT2D eigenvalue weighted by Gasteiger charge is -2.09. The van der Waals surface area contributed by atoms with Crippen LogP contribution in [0.4, 0.5) is 0 Å². The van der Waals surface area contributed by atoms with E-state index in [0.717, 1.165) is 55.1 Å². The van der Waals surface area contributed by atoms with E-state index in [0.29, 0.717) is 5.56 Å². The van der Waals surface area contributed by atoms with Gasteiger partial charge in [-0.05, 0) is 85.8 Å². The van der Waals surface area contributed by atoms with E-state index >= 15 is 0 Å². The van der Waals surface area contributed by atoms with E-state index in [2.05, 4.69) is 125 Å². The third kappa shape index (κ3) is 3.11. The van der Waals surface area contributed by atoms with Crippen molar-refractivity contribution in [2.75, 3.05) is 0 Å². The summed E-state index contributed by atoms with van der Waals surface area (Å²) in [5, 5.41) is 16.4. The van der Waals surface area contributed by atoms with Crippen molar-refractivity contribution in [3.05, 3.63) is 132 Å². The zero-order chi connectivity index (χ0) is 27.9. The summed E-state index contributed by atoms with van der Waals surface area (Å²) in [6.45, 7) is 2.15. The minimum atomic E-state index is 0.662. The van der Waals surface area contributed by atoms with E-state index in [9.17, 15) is 5.26 Å². The molecule has 0 amide bonds. The molecule has 196 valence electrons. The highest BCUT2D eigenvalue weighted by atomic mass is 16.3. The van der Waals surface area contributed by atoms with Gasteiger partial charge in [-0.25, -0.2) is 0 Å². The molecule has 9 rings (SSSR count). The molecule has 9 aromatic rings. The maximum atomic E-state index is 9.54. The molecule has 0 aliphatic heterocycles. The van der Waals surface area contributed by atoms with Crippen molar-refractivity contribution in [3.63, 3.8) is 0 Å². The number of nitriles is 1. The van der Waals surface area contributed by atoms with Crippen molar-refractivity contribution in [1.82, 2.24) is 9.13 Å². The second-order valence-corrected chi connectivity index (χ2v) is 11.0. The Labute approximate surface area is 240 Å². The molecule has 0 bridgehead atoms. The first-order valence-corrected chi connectivity index (χ1v) is 14.1. The van der Waals surface area contributed by atoms with Crippen LogP contribution in [0.15, 0.2) is 126 Å². The average Bonchev–Trinajstić information content (AvgIpc) is 3.67. The van der Waals surface area contributed by atoms with Gasteiger partial charge in [0.1, 0.15) is 11.2 Å². The third-order valence-electron chi connectivity index (χ3n) is 8.58. The molecule has 0 atom stereocenters. The van der Waals surface area contributed by atoms with E-state index < -0.39 is 0 Å². The Morgan fingerprint density at radius 1 is 0.500 bits per heavy atom. The van der Waals surface area contributed by atoms with Crippen LogP contribution in [0.5, 0.6) is 0 Å². The van der Waals surface area contributed by atoms with Crippen LogP contribution in [0.2, 0.25) is 0 Å². The highest BCUT2D eigenvalue weighted by Gasteiger charge is 2.17. The SMILES string of the molecule is Cc1ccc2c(c1)c1ccccc1n2-c1ccc2oc3ccc(-n4c5ccccc5c5cc(C#N)ccc54)cc3c2c1. The molecule has 0 fully saturated rings. The number of rotatable bonds is 2. The van der Waals surface area contributed by atoms with Gasteiger partial charge in [-0.15, -0.1) is 0 Å². The second-order valence-electron chi connectivity index (χ2n) is 11.0. The van der Waals surface area contributed by atoms with Crippen LogP contribution < -0.4 is 0 Å². The molecule has 0 unspecified atom stereocenters. The van der Waals surface area contributed by atoms with E-state index in [1.54, 1.807) is 0 Å². The normalized spacial score (nSPS) is 11.9. The van der Waals surface area contributed by atoms with Crippen molar-refractivity contribution in [3.8, 4) is 17.4 Å². The molecule has 0 radical (unpaired) electrons. The Bertz CT molecular complexity index is 2600. The molecule has 6 aromatic carbocycles. The molecule has 0 aliphatic carbocycles. The van der Waals surface area contributed by atoms with Crippen molar-refractivity contribution < 1.29 is 4.42 Å². The van der Waals surface area contributed by atoms with Gasteiger partial charge < -0.3 is 13.6 Å². The van der Waals surface area contributed by atoms with Crippen LogP contribution in [-0.2, 0) is 0 Å². The van der Waals surface area contributed by atoms with Gasteiger partial charge in [-0.3, -0.25) is 0 Å². The maximum absolute atomic E-state index is 9.54. The number of benzene rings is 6. The molecule has 0 saturated carbocycles. The van der Waals surface area contributed by atoms with Crippen LogP contribution in [0.1, 0.15) is 11.1 Å². The van der Waals surface area contributed by atoms with Gasteiger partial charge in [-0.1, -0.05) is 48.0 Å². The number of fused-ring (bicyclic) bond motifs is 9. The number of aryl methyl sites for hydroxylation is 1. The number of hydrogen-bond acceptors (Lipinski definition) is 2. The number of nitrogens with zero attached hydrogens (tertiary/aromatic N) is 3. The molecule has 3 aromatic heterocycles. The minimum absolute atomic E-state index is 0.662. The second kappa shape index (κ2) is 8.36. The Hall–Kier alpha value is -5.79. The summed E-state index contributed by atoms with van der Waals surface area (Å²) in [6.07, 6.45) is 0. The Morgan fingerprint density at radius 3 is 1.62 bits per heavy atom. The fourth-order valence-corrected chi connectivity index (χ4v) is 6.72. The molecule has 4 heteroatoms. The first-order chi connectivity index (χ1) is 20.7. The Morgan fingerprint density at radius 2 is 1.02 bits per heavy atom.